The molecule has 0 aliphatic carbocycles. The number of hydrogen-bond donors (Lipinski definition) is 1. The quantitative estimate of drug-likeness (QED) is 0.707. The van der Waals surface area contributed by atoms with Gasteiger partial charge in [-0.15, -0.1) is 0 Å². The van der Waals surface area contributed by atoms with Gasteiger partial charge in [0.2, 0.25) is 5.91 Å². The zero-order chi connectivity index (χ0) is 24.4. The van der Waals surface area contributed by atoms with E-state index in [-0.39, 0.29) is 17.9 Å². The van der Waals surface area contributed by atoms with E-state index in [2.05, 4.69) is 10.3 Å². The van der Waals surface area contributed by atoms with Gasteiger partial charge >= 0.3 is 12.3 Å². The first-order chi connectivity index (χ1) is 15.4. The fourth-order valence-electron chi connectivity index (χ4n) is 3.67. The summed E-state index contributed by atoms with van der Waals surface area (Å²) in [6.07, 6.45) is -4.21. The number of halogens is 3. The standard InChI is InChI=1S/C23H26F3N3O4/c1-22(2,3)33-21(31)28-18(14-7-9-16(32-4)10-8-14)17(23(24,25)26)20(30)29-13-11-15-6-5-12-27-19(15)29/h5-10,12,17-18H,11,13H2,1-4H3,(H,28,31)/t17-,18+/m0/s1. The molecule has 0 unspecified atom stereocenters. The summed E-state index contributed by atoms with van der Waals surface area (Å²) in [5.74, 6) is -3.15. The topological polar surface area (TPSA) is 80.8 Å². The summed E-state index contributed by atoms with van der Waals surface area (Å²) in [5.41, 5.74) is -0.171. The zero-order valence-corrected chi connectivity index (χ0v) is 18.8. The largest absolute Gasteiger partial charge is 0.497 e. The van der Waals surface area contributed by atoms with E-state index in [9.17, 15) is 22.8 Å². The summed E-state index contributed by atoms with van der Waals surface area (Å²) in [6.45, 7) is 4.84. The van der Waals surface area contributed by atoms with E-state index in [1.807, 2.05) is 0 Å². The molecule has 0 bridgehead atoms. The Morgan fingerprint density at radius 3 is 2.36 bits per heavy atom. The minimum absolute atomic E-state index is 0.0690. The predicted molar refractivity (Wildman–Crippen MR) is 115 cm³/mol. The molecule has 0 saturated carbocycles. The van der Waals surface area contributed by atoms with Crippen molar-refractivity contribution in [1.82, 2.24) is 10.3 Å². The van der Waals surface area contributed by atoms with Gasteiger partial charge in [0.05, 0.1) is 13.2 Å². The molecule has 7 nitrogen and oxygen atoms in total. The molecule has 1 N–H and O–H groups in total. The number of fused-ring (bicyclic) bond motifs is 1. The molecule has 0 spiro atoms. The number of ether oxygens (including phenoxy) is 2. The fraction of sp³-hybridized carbons (Fsp3) is 0.435. The SMILES string of the molecule is COc1ccc([C@@H](NC(=O)OC(C)(C)C)[C@@H](C(=O)N2CCc3cccnc32)C(F)(F)F)cc1. The molecule has 1 aromatic heterocycles. The summed E-state index contributed by atoms with van der Waals surface area (Å²) in [6, 6.07) is 7.33. The molecule has 10 heteroatoms. The number of methoxy groups -OCH3 is 1. The van der Waals surface area contributed by atoms with Crippen molar-refractivity contribution in [3.8, 4) is 5.75 Å². The van der Waals surface area contributed by atoms with E-state index in [4.69, 9.17) is 9.47 Å². The van der Waals surface area contributed by atoms with Gasteiger partial charge in [0.15, 0.2) is 5.92 Å². The summed E-state index contributed by atoms with van der Waals surface area (Å²) in [7, 11) is 1.42. The Labute approximate surface area is 189 Å². The number of alkyl carbamates (subject to hydrolysis) is 1. The molecular weight excluding hydrogens is 439 g/mol. The molecule has 0 fully saturated rings. The van der Waals surface area contributed by atoms with E-state index in [0.29, 0.717) is 17.7 Å². The number of nitrogens with zero attached hydrogens (tertiary/aromatic N) is 2. The average molecular weight is 465 g/mol. The van der Waals surface area contributed by atoms with Crippen molar-refractivity contribution in [2.75, 3.05) is 18.6 Å². The number of anilines is 1. The van der Waals surface area contributed by atoms with Crippen LogP contribution in [-0.2, 0) is 16.0 Å². The van der Waals surface area contributed by atoms with Gasteiger partial charge in [0.25, 0.3) is 0 Å². The Morgan fingerprint density at radius 1 is 1.12 bits per heavy atom. The lowest BCUT2D eigenvalue weighted by atomic mass is 9.91. The molecule has 2 heterocycles. The number of hydrogen-bond acceptors (Lipinski definition) is 5. The summed E-state index contributed by atoms with van der Waals surface area (Å²) in [5, 5.41) is 2.27. The Morgan fingerprint density at radius 2 is 1.79 bits per heavy atom. The highest BCUT2D eigenvalue weighted by Gasteiger charge is 2.53. The maximum Gasteiger partial charge on any atom is 0.408 e. The number of amides is 2. The van der Waals surface area contributed by atoms with Crippen molar-refractivity contribution in [1.29, 1.82) is 0 Å². The first-order valence-corrected chi connectivity index (χ1v) is 10.4. The number of aromatic nitrogens is 1. The normalized spacial score (nSPS) is 15.4. The molecule has 2 atom stereocenters. The van der Waals surface area contributed by atoms with E-state index >= 15 is 0 Å². The second kappa shape index (κ2) is 9.29. The Balaban J connectivity index is 2.02. The van der Waals surface area contributed by atoms with Gasteiger partial charge in [0.1, 0.15) is 17.2 Å². The third-order valence-corrected chi connectivity index (χ3v) is 5.09. The van der Waals surface area contributed by atoms with Crippen molar-refractivity contribution < 1.29 is 32.2 Å². The monoisotopic (exact) mass is 465 g/mol. The molecule has 2 amide bonds. The predicted octanol–water partition coefficient (Wildman–Crippen LogP) is 4.42. The number of nitrogens with one attached hydrogen (secondary N) is 1. The van der Waals surface area contributed by atoms with Gasteiger partial charge in [-0.05, 0) is 56.5 Å². The molecule has 1 aliphatic rings. The van der Waals surface area contributed by atoms with Gasteiger partial charge in [-0.3, -0.25) is 9.69 Å². The van der Waals surface area contributed by atoms with Crippen LogP contribution in [0.2, 0.25) is 0 Å². The van der Waals surface area contributed by atoms with Crippen LogP contribution in [-0.4, -0.2) is 42.4 Å². The van der Waals surface area contributed by atoms with Crippen molar-refractivity contribution in [3.05, 3.63) is 53.7 Å². The summed E-state index contributed by atoms with van der Waals surface area (Å²) >= 11 is 0. The third kappa shape index (κ3) is 5.74. The summed E-state index contributed by atoms with van der Waals surface area (Å²) in [4.78, 5) is 30.9. The van der Waals surface area contributed by atoms with E-state index in [1.54, 1.807) is 32.9 Å². The fourth-order valence-corrected chi connectivity index (χ4v) is 3.67. The average Bonchev–Trinajstić information content (AvgIpc) is 3.15. The van der Waals surface area contributed by atoms with Crippen LogP contribution in [0.4, 0.5) is 23.8 Å². The van der Waals surface area contributed by atoms with E-state index in [1.165, 1.54) is 37.6 Å². The minimum Gasteiger partial charge on any atom is -0.497 e. The maximum atomic E-state index is 14.4. The Bertz CT molecular complexity index is 1000. The molecule has 0 radical (unpaired) electrons. The van der Waals surface area contributed by atoms with Crippen molar-refractivity contribution in [3.63, 3.8) is 0 Å². The zero-order valence-electron chi connectivity index (χ0n) is 18.8. The second-order valence-electron chi connectivity index (χ2n) is 8.64. The lowest BCUT2D eigenvalue weighted by Crippen LogP contribution is -2.50. The van der Waals surface area contributed by atoms with Crippen molar-refractivity contribution >= 4 is 17.8 Å². The highest BCUT2D eigenvalue weighted by atomic mass is 19.4. The van der Waals surface area contributed by atoms with Crippen molar-refractivity contribution in [2.24, 2.45) is 5.92 Å². The first-order valence-electron chi connectivity index (χ1n) is 10.4. The van der Waals surface area contributed by atoms with Crippen LogP contribution in [0.15, 0.2) is 42.6 Å². The van der Waals surface area contributed by atoms with Crippen LogP contribution in [0.5, 0.6) is 5.75 Å². The third-order valence-electron chi connectivity index (χ3n) is 5.09. The first kappa shape index (κ1) is 24.3. The molecule has 0 saturated heterocycles. The minimum atomic E-state index is -4.96. The molecule has 1 aliphatic heterocycles. The highest BCUT2D eigenvalue weighted by Crippen LogP contribution is 2.40. The Kier molecular flexibility index (Phi) is 6.85. The smallest absolute Gasteiger partial charge is 0.408 e. The summed E-state index contributed by atoms with van der Waals surface area (Å²) < 4.78 is 53.4. The second-order valence-corrected chi connectivity index (χ2v) is 8.64. The van der Waals surface area contributed by atoms with Crippen LogP contribution in [0, 0.1) is 5.92 Å². The van der Waals surface area contributed by atoms with Crippen LogP contribution >= 0.6 is 0 Å². The van der Waals surface area contributed by atoms with Gasteiger partial charge in [-0.1, -0.05) is 18.2 Å². The van der Waals surface area contributed by atoms with Gasteiger partial charge in [0, 0.05) is 12.7 Å². The molecule has 1 aromatic carbocycles. The molecule has 33 heavy (non-hydrogen) atoms. The number of benzene rings is 1. The number of alkyl halides is 3. The molecule has 2 aromatic rings. The van der Waals surface area contributed by atoms with Gasteiger partial charge in [-0.25, -0.2) is 9.78 Å². The number of carbonyl (C=O) groups is 2. The van der Waals surface area contributed by atoms with Crippen LogP contribution in [0.3, 0.4) is 0 Å². The molecular formula is C23H26F3N3O4. The van der Waals surface area contributed by atoms with Gasteiger partial charge in [-0.2, -0.15) is 13.2 Å². The number of rotatable bonds is 5. The lowest BCUT2D eigenvalue weighted by molar-refractivity contribution is -0.187. The lowest BCUT2D eigenvalue weighted by Gasteiger charge is -2.32. The van der Waals surface area contributed by atoms with E-state index in [0.717, 1.165) is 4.90 Å². The molecule has 3 rings (SSSR count). The van der Waals surface area contributed by atoms with E-state index < -0.39 is 35.7 Å². The van der Waals surface area contributed by atoms with Gasteiger partial charge < -0.3 is 14.8 Å². The van der Waals surface area contributed by atoms with Crippen LogP contribution in [0.25, 0.3) is 0 Å². The number of carbonyl (C=O) groups excluding carboxylic acids is 2. The van der Waals surface area contributed by atoms with Crippen LogP contribution in [0.1, 0.15) is 37.9 Å². The highest BCUT2D eigenvalue weighted by molar-refractivity contribution is 5.97. The maximum absolute atomic E-state index is 14.4. The Hall–Kier alpha value is -3.30. The molecule has 178 valence electrons. The number of pyridine rings is 1. The van der Waals surface area contributed by atoms with Crippen molar-refractivity contribution in [2.45, 2.75) is 45.0 Å². The van der Waals surface area contributed by atoms with Crippen LogP contribution < -0.4 is 15.0 Å².